The van der Waals surface area contributed by atoms with E-state index in [4.69, 9.17) is 21.1 Å². The number of benzene rings is 3. The fourth-order valence-electron chi connectivity index (χ4n) is 3.76. The molecule has 1 amide bonds. The van der Waals surface area contributed by atoms with Crippen molar-refractivity contribution in [1.82, 2.24) is 4.98 Å². The molecule has 31 heavy (non-hydrogen) atoms. The van der Waals surface area contributed by atoms with E-state index in [1.54, 1.807) is 4.90 Å². The number of carbonyl (C=O) groups excluding carboxylic acids is 1. The molecule has 158 valence electrons. The van der Waals surface area contributed by atoms with Crippen molar-refractivity contribution >= 4 is 55.0 Å². The SMILES string of the molecule is O=C(COc1ccc2ccccc2c1)N(CC1CCCO1)c1nc2ccc(Cl)cc2s1. The second-order valence-electron chi connectivity index (χ2n) is 7.55. The first-order valence-electron chi connectivity index (χ1n) is 10.3. The van der Waals surface area contributed by atoms with Crippen molar-refractivity contribution in [2.45, 2.75) is 18.9 Å². The molecule has 0 radical (unpaired) electrons. The van der Waals surface area contributed by atoms with Crippen molar-refractivity contribution in [1.29, 1.82) is 0 Å². The summed E-state index contributed by atoms with van der Waals surface area (Å²) in [6.07, 6.45) is 1.96. The zero-order valence-electron chi connectivity index (χ0n) is 16.8. The number of carbonyl (C=O) groups is 1. The number of amides is 1. The van der Waals surface area contributed by atoms with Gasteiger partial charge in [0.25, 0.3) is 5.91 Å². The lowest BCUT2D eigenvalue weighted by atomic mass is 10.1. The minimum absolute atomic E-state index is 0.0141. The lowest BCUT2D eigenvalue weighted by Crippen LogP contribution is -2.40. The van der Waals surface area contributed by atoms with Crippen molar-refractivity contribution in [2.24, 2.45) is 0 Å². The Balaban J connectivity index is 1.37. The summed E-state index contributed by atoms with van der Waals surface area (Å²) in [6, 6.07) is 19.5. The molecule has 0 N–H and O–H groups in total. The van der Waals surface area contributed by atoms with E-state index in [1.807, 2.05) is 60.7 Å². The van der Waals surface area contributed by atoms with E-state index in [0.717, 1.165) is 40.4 Å². The maximum atomic E-state index is 13.2. The van der Waals surface area contributed by atoms with Crippen molar-refractivity contribution in [3.05, 3.63) is 65.7 Å². The van der Waals surface area contributed by atoms with Crippen LogP contribution in [0.1, 0.15) is 12.8 Å². The molecule has 0 bridgehead atoms. The average Bonchev–Trinajstić information content (AvgIpc) is 3.45. The number of thiazole rings is 1. The zero-order valence-corrected chi connectivity index (χ0v) is 18.4. The molecule has 2 heterocycles. The molecule has 7 heteroatoms. The van der Waals surface area contributed by atoms with E-state index in [2.05, 4.69) is 4.98 Å². The van der Waals surface area contributed by atoms with Gasteiger partial charge in [-0.3, -0.25) is 9.69 Å². The van der Waals surface area contributed by atoms with E-state index in [0.29, 0.717) is 22.4 Å². The van der Waals surface area contributed by atoms with E-state index in [-0.39, 0.29) is 18.6 Å². The summed E-state index contributed by atoms with van der Waals surface area (Å²) in [7, 11) is 0. The summed E-state index contributed by atoms with van der Waals surface area (Å²) in [5, 5.41) is 3.50. The molecular weight excluding hydrogens is 432 g/mol. The Morgan fingerprint density at radius 2 is 2.03 bits per heavy atom. The number of nitrogens with zero attached hydrogens (tertiary/aromatic N) is 2. The molecule has 0 saturated carbocycles. The lowest BCUT2D eigenvalue weighted by Gasteiger charge is -2.23. The van der Waals surface area contributed by atoms with Crippen LogP contribution in [0.15, 0.2) is 60.7 Å². The van der Waals surface area contributed by atoms with E-state index in [9.17, 15) is 4.79 Å². The lowest BCUT2D eigenvalue weighted by molar-refractivity contribution is -0.120. The molecule has 1 unspecified atom stereocenters. The van der Waals surface area contributed by atoms with Crippen molar-refractivity contribution in [3.8, 4) is 5.75 Å². The van der Waals surface area contributed by atoms with Crippen molar-refractivity contribution in [3.63, 3.8) is 0 Å². The predicted octanol–water partition coefficient (Wildman–Crippen LogP) is 5.69. The van der Waals surface area contributed by atoms with E-state index < -0.39 is 0 Å². The number of hydrogen-bond donors (Lipinski definition) is 0. The quantitative estimate of drug-likeness (QED) is 0.377. The highest BCUT2D eigenvalue weighted by Gasteiger charge is 2.26. The molecular formula is C24H21ClN2O3S. The van der Waals surface area contributed by atoms with Gasteiger partial charge < -0.3 is 9.47 Å². The molecule has 1 aromatic heterocycles. The third kappa shape index (κ3) is 4.51. The first kappa shape index (κ1) is 20.2. The second-order valence-corrected chi connectivity index (χ2v) is 8.99. The van der Waals surface area contributed by atoms with Crippen LogP contribution in [0.5, 0.6) is 5.75 Å². The normalized spacial score (nSPS) is 16.1. The van der Waals surface area contributed by atoms with Gasteiger partial charge in [0.1, 0.15) is 5.75 Å². The predicted molar refractivity (Wildman–Crippen MR) is 125 cm³/mol. The molecule has 1 aliphatic heterocycles. The van der Waals surface area contributed by atoms with Crippen LogP contribution < -0.4 is 9.64 Å². The standard InChI is InChI=1S/C24H21ClN2O3S/c25-18-8-10-21-22(13-18)31-24(26-21)27(14-20-6-3-11-29-20)23(28)15-30-19-9-7-16-4-1-2-5-17(16)12-19/h1-2,4-5,7-10,12-13,20H,3,6,11,14-15H2. The van der Waals surface area contributed by atoms with Crippen molar-refractivity contribution in [2.75, 3.05) is 24.7 Å². The summed E-state index contributed by atoms with van der Waals surface area (Å²) in [4.78, 5) is 19.6. The fraction of sp³-hybridized carbons (Fsp3) is 0.250. The summed E-state index contributed by atoms with van der Waals surface area (Å²) in [6.45, 7) is 1.13. The van der Waals surface area contributed by atoms with Crippen LogP contribution in [-0.2, 0) is 9.53 Å². The molecule has 3 aromatic carbocycles. The van der Waals surface area contributed by atoms with Crippen LogP contribution in [0.2, 0.25) is 5.02 Å². The maximum Gasteiger partial charge on any atom is 0.266 e. The Bertz CT molecular complexity index is 1240. The molecule has 1 aliphatic rings. The number of ether oxygens (including phenoxy) is 2. The summed E-state index contributed by atoms with van der Waals surface area (Å²) in [5.74, 6) is 0.522. The van der Waals surface area contributed by atoms with Crippen molar-refractivity contribution < 1.29 is 14.3 Å². The van der Waals surface area contributed by atoms with Crippen LogP contribution in [0, 0.1) is 0 Å². The van der Waals surface area contributed by atoms with Gasteiger partial charge in [0.15, 0.2) is 11.7 Å². The molecule has 0 aliphatic carbocycles. The fourth-order valence-corrected chi connectivity index (χ4v) is 5.03. The van der Waals surface area contributed by atoms with E-state index in [1.165, 1.54) is 11.3 Å². The smallest absolute Gasteiger partial charge is 0.266 e. The number of anilines is 1. The molecule has 4 aromatic rings. The second kappa shape index (κ2) is 8.83. The molecule has 5 rings (SSSR count). The molecule has 1 atom stereocenters. The van der Waals surface area contributed by atoms with Gasteiger partial charge >= 0.3 is 0 Å². The zero-order chi connectivity index (χ0) is 21.2. The molecule has 5 nitrogen and oxygen atoms in total. The summed E-state index contributed by atoms with van der Waals surface area (Å²) < 4.78 is 12.6. The topological polar surface area (TPSA) is 51.7 Å². The highest BCUT2D eigenvalue weighted by molar-refractivity contribution is 7.22. The largest absolute Gasteiger partial charge is 0.484 e. The minimum atomic E-state index is -0.145. The third-order valence-corrected chi connectivity index (χ3v) is 6.64. The van der Waals surface area contributed by atoms with Crippen LogP contribution in [-0.4, -0.2) is 36.8 Å². The van der Waals surface area contributed by atoms with Crippen LogP contribution >= 0.6 is 22.9 Å². The molecule has 0 spiro atoms. The Kier molecular flexibility index (Phi) is 5.76. The number of aromatic nitrogens is 1. The van der Waals surface area contributed by atoms with Crippen LogP contribution in [0.4, 0.5) is 5.13 Å². The highest BCUT2D eigenvalue weighted by atomic mass is 35.5. The Morgan fingerprint density at radius 3 is 2.87 bits per heavy atom. The Labute approximate surface area is 189 Å². The number of fused-ring (bicyclic) bond motifs is 2. The van der Waals surface area contributed by atoms with Gasteiger partial charge in [-0.2, -0.15) is 0 Å². The summed E-state index contributed by atoms with van der Waals surface area (Å²) >= 11 is 7.58. The van der Waals surface area contributed by atoms with Gasteiger partial charge in [0.2, 0.25) is 0 Å². The monoisotopic (exact) mass is 452 g/mol. The first-order chi connectivity index (χ1) is 15.2. The average molecular weight is 453 g/mol. The van der Waals surface area contributed by atoms with Gasteiger partial charge in [-0.15, -0.1) is 0 Å². The van der Waals surface area contributed by atoms with Gasteiger partial charge in [-0.25, -0.2) is 4.98 Å². The molecule has 1 fully saturated rings. The summed E-state index contributed by atoms with van der Waals surface area (Å²) in [5.41, 5.74) is 0.824. The maximum absolute atomic E-state index is 13.2. The van der Waals surface area contributed by atoms with Crippen LogP contribution in [0.3, 0.4) is 0 Å². The van der Waals surface area contributed by atoms with E-state index >= 15 is 0 Å². The Hall–Kier alpha value is -2.67. The number of halogens is 1. The first-order valence-corrected chi connectivity index (χ1v) is 11.4. The molecule has 1 saturated heterocycles. The van der Waals surface area contributed by atoms with Gasteiger partial charge in [-0.1, -0.05) is 53.3 Å². The van der Waals surface area contributed by atoms with Gasteiger partial charge in [0, 0.05) is 11.6 Å². The Morgan fingerprint density at radius 1 is 1.16 bits per heavy atom. The van der Waals surface area contributed by atoms with Gasteiger partial charge in [0.05, 0.1) is 22.9 Å². The third-order valence-electron chi connectivity index (χ3n) is 5.36. The highest BCUT2D eigenvalue weighted by Crippen LogP contribution is 2.32. The van der Waals surface area contributed by atoms with Crippen LogP contribution in [0.25, 0.3) is 21.0 Å². The minimum Gasteiger partial charge on any atom is -0.484 e. The number of rotatable bonds is 6. The number of hydrogen-bond acceptors (Lipinski definition) is 5. The van der Waals surface area contributed by atoms with Gasteiger partial charge in [-0.05, 0) is 53.9 Å².